The van der Waals surface area contributed by atoms with E-state index >= 15 is 0 Å². The molecule has 0 unspecified atom stereocenters. The Bertz CT molecular complexity index is 1880. The number of thioether (sulfide) groups is 2. The summed E-state index contributed by atoms with van der Waals surface area (Å²) >= 11 is 4.95. The fraction of sp³-hybridized carbons (Fsp3) is 0.179. The molecule has 2 atom stereocenters. The first kappa shape index (κ1) is 31.3. The summed E-state index contributed by atoms with van der Waals surface area (Å²) in [6.45, 7) is 0.0954. The molecule has 0 radical (unpaired) electrons. The third-order valence-corrected chi connectivity index (χ3v) is 11.0. The van der Waals surface area contributed by atoms with E-state index in [0.717, 1.165) is 16.9 Å². The number of hydrogen-bond acceptors (Lipinski definition) is 15. The number of carbonyl (C=O) groups is 3. The fourth-order valence-electron chi connectivity index (χ4n) is 4.54. The van der Waals surface area contributed by atoms with Gasteiger partial charge < -0.3 is 31.2 Å². The van der Waals surface area contributed by atoms with Crippen molar-refractivity contribution in [2.24, 2.45) is 5.16 Å². The summed E-state index contributed by atoms with van der Waals surface area (Å²) in [6.07, 6.45) is 0. The van der Waals surface area contributed by atoms with E-state index in [9.17, 15) is 29.7 Å². The molecule has 2 aromatic heterocycles. The molecule has 0 aliphatic carbocycles. The van der Waals surface area contributed by atoms with Gasteiger partial charge in [0, 0.05) is 22.4 Å². The number of nitrogens with two attached hydrogens (primary N) is 1. The van der Waals surface area contributed by atoms with Gasteiger partial charge in [-0.05, 0) is 29.3 Å². The van der Waals surface area contributed by atoms with Crippen LogP contribution in [0.2, 0.25) is 0 Å². The highest BCUT2D eigenvalue weighted by molar-refractivity contribution is 8.01. The molecule has 4 heterocycles. The van der Waals surface area contributed by atoms with Crippen molar-refractivity contribution in [3.8, 4) is 22.1 Å². The number of anilines is 1. The number of fused-ring (bicyclic) bond motifs is 1. The Kier molecular flexibility index (Phi) is 9.11. The minimum absolute atomic E-state index is 0.0954. The number of nitrogens with one attached hydrogen (secondary N) is 1. The molecule has 236 valence electrons. The summed E-state index contributed by atoms with van der Waals surface area (Å²) in [4.78, 5) is 49.7. The van der Waals surface area contributed by atoms with Crippen LogP contribution in [-0.2, 0) is 25.8 Å². The molecule has 6 rings (SSSR count). The zero-order valence-corrected chi connectivity index (χ0v) is 26.7. The van der Waals surface area contributed by atoms with E-state index in [1.54, 1.807) is 11.4 Å². The quantitative estimate of drug-likeness (QED) is 0.0502. The number of aromatic hydroxyl groups is 2. The zero-order chi connectivity index (χ0) is 32.4. The summed E-state index contributed by atoms with van der Waals surface area (Å²) in [5, 5.41) is 46.0. The van der Waals surface area contributed by atoms with E-state index in [2.05, 4.69) is 25.7 Å². The summed E-state index contributed by atoms with van der Waals surface area (Å²) in [5.74, 6) is -2.54. The first-order valence-corrected chi connectivity index (χ1v) is 17.1. The number of aromatic nitrogens is 3. The van der Waals surface area contributed by atoms with Crippen LogP contribution in [0.1, 0.15) is 11.3 Å². The normalized spacial score (nSPS) is 17.8. The van der Waals surface area contributed by atoms with Crippen molar-refractivity contribution in [2.45, 2.75) is 22.4 Å². The van der Waals surface area contributed by atoms with Crippen molar-refractivity contribution >= 4 is 74.8 Å². The van der Waals surface area contributed by atoms with Crippen LogP contribution in [0, 0.1) is 0 Å². The van der Waals surface area contributed by atoms with Gasteiger partial charge in [-0.25, -0.2) is 9.78 Å². The van der Waals surface area contributed by atoms with E-state index in [4.69, 9.17) is 10.6 Å². The lowest BCUT2D eigenvalue weighted by molar-refractivity contribution is -0.150. The van der Waals surface area contributed by atoms with Gasteiger partial charge in [0.05, 0.1) is 0 Å². The summed E-state index contributed by atoms with van der Waals surface area (Å²) in [6, 6.07) is 12.5. The Balaban J connectivity index is 1.13. The molecule has 0 bridgehead atoms. The van der Waals surface area contributed by atoms with Gasteiger partial charge in [0.1, 0.15) is 34.4 Å². The number of phenols is 2. The minimum atomic E-state index is -1.26. The number of benzene rings is 2. The van der Waals surface area contributed by atoms with Crippen molar-refractivity contribution in [2.75, 3.05) is 17.2 Å². The standard InChI is InChI=1S/C28H23N7O7S4/c29-27-30-16(12-44-27)19(34-42-9-13-4-2-1-3-5-13)22(38)31-20-24(39)35-21(26(40)41)15(10-43-25(20)35)11-45-28-33-32-23(46-28)14-6-7-17(36)18(37)8-14/h1-8,12,20,25,36-37H,9-11H2,(H2,29,30)(H,31,38)(H,40,41)/t20-,25+/m1/s1. The topological polar surface area (TPSA) is 213 Å². The molecule has 2 aromatic carbocycles. The maximum atomic E-state index is 13.3. The van der Waals surface area contributed by atoms with E-state index in [-0.39, 0.29) is 46.1 Å². The zero-order valence-electron chi connectivity index (χ0n) is 23.4. The number of nitrogens with zero attached hydrogens (tertiary/aromatic N) is 5. The Morgan fingerprint density at radius 1 is 1.15 bits per heavy atom. The van der Waals surface area contributed by atoms with Crippen LogP contribution in [0.15, 0.2) is 74.7 Å². The lowest BCUT2D eigenvalue weighted by Gasteiger charge is -2.49. The molecular weight excluding hydrogens is 675 g/mol. The van der Waals surface area contributed by atoms with Gasteiger partial charge in [-0.15, -0.1) is 33.3 Å². The lowest BCUT2D eigenvalue weighted by atomic mass is 10.0. The van der Waals surface area contributed by atoms with Gasteiger partial charge in [-0.1, -0.05) is 58.6 Å². The van der Waals surface area contributed by atoms with Crippen LogP contribution < -0.4 is 11.1 Å². The number of rotatable bonds is 11. The van der Waals surface area contributed by atoms with Gasteiger partial charge in [-0.3, -0.25) is 14.5 Å². The van der Waals surface area contributed by atoms with Gasteiger partial charge in [-0.2, -0.15) is 0 Å². The largest absolute Gasteiger partial charge is 0.504 e. The Hall–Kier alpha value is -4.65. The Morgan fingerprint density at radius 3 is 2.67 bits per heavy atom. The van der Waals surface area contributed by atoms with Crippen molar-refractivity contribution in [3.63, 3.8) is 0 Å². The number of carboxylic acids is 1. The van der Waals surface area contributed by atoms with Crippen molar-refractivity contribution in [1.29, 1.82) is 0 Å². The molecule has 4 aromatic rings. The lowest BCUT2D eigenvalue weighted by Crippen LogP contribution is -2.71. The highest BCUT2D eigenvalue weighted by Crippen LogP contribution is 2.42. The van der Waals surface area contributed by atoms with Crippen molar-refractivity contribution in [3.05, 3.63) is 76.4 Å². The van der Waals surface area contributed by atoms with Gasteiger partial charge >= 0.3 is 5.97 Å². The maximum absolute atomic E-state index is 13.3. The van der Waals surface area contributed by atoms with E-state index < -0.39 is 29.2 Å². The third-order valence-electron chi connectivity index (χ3n) is 6.74. The summed E-state index contributed by atoms with van der Waals surface area (Å²) in [7, 11) is 0. The number of phenolic OH excluding ortho intramolecular Hbond substituents is 2. The number of oxime groups is 1. The number of carboxylic acid groups (broad SMARTS) is 1. The van der Waals surface area contributed by atoms with Crippen LogP contribution in [-0.4, -0.2) is 81.8 Å². The molecule has 2 aliphatic rings. The summed E-state index contributed by atoms with van der Waals surface area (Å²) < 4.78 is 0.552. The first-order valence-electron chi connectivity index (χ1n) is 13.3. The molecule has 6 N–H and O–H groups in total. The number of thiazole rings is 1. The number of carbonyl (C=O) groups excluding carboxylic acids is 2. The van der Waals surface area contributed by atoms with Crippen LogP contribution in [0.3, 0.4) is 0 Å². The summed E-state index contributed by atoms with van der Waals surface area (Å²) in [5.41, 5.74) is 7.57. The number of nitrogen functional groups attached to an aromatic ring is 1. The molecule has 18 heteroatoms. The molecule has 1 fully saturated rings. The SMILES string of the molecule is Nc1nc(C(=NOCc2ccccc2)C(=O)N[C@@H]2C(=O)N3C(C(=O)O)=C(CSc4nnc(-c5ccc(O)c(O)c5)s4)CS[C@@H]23)cs1. The maximum Gasteiger partial charge on any atom is 0.352 e. The molecule has 46 heavy (non-hydrogen) atoms. The van der Waals surface area contributed by atoms with Crippen LogP contribution in [0.5, 0.6) is 11.5 Å². The monoisotopic (exact) mass is 697 g/mol. The van der Waals surface area contributed by atoms with Crippen LogP contribution >= 0.6 is 46.2 Å². The molecule has 2 aliphatic heterocycles. The molecule has 2 amide bonds. The smallest absolute Gasteiger partial charge is 0.352 e. The van der Waals surface area contributed by atoms with Crippen molar-refractivity contribution in [1.82, 2.24) is 25.4 Å². The predicted molar refractivity (Wildman–Crippen MR) is 173 cm³/mol. The van der Waals surface area contributed by atoms with E-state index in [0.29, 0.717) is 26.2 Å². The fourth-order valence-corrected chi connectivity index (χ4v) is 8.42. The second-order valence-corrected chi connectivity index (χ2v) is 13.9. The highest BCUT2D eigenvalue weighted by atomic mass is 32.2. The number of hydrogen-bond donors (Lipinski definition) is 5. The van der Waals surface area contributed by atoms with Crippen molar-refractivity contribution < 1.29 is 34.5 Å². The van der Waals surface area contributed by atoms with Gasteiger partial charge in [0.2, 0.25) is 0 Å². The number of amides is 2. The molecular formula is C28H23N7O7S4. The number of β-lactam (4-membered cyclic amide) rings is 1. The molecule has 14 nitrogen and oxygen atoms in total. The van der Waals surface area contributed by atoms with Gasteiger partial charge in [0.25, 0.3) is 11.8 Å². The van der Waals surface area contributed by atoms with E-state index in [1.807, 2.05) is 30.3 Å². The highest BCUT2D eigenvalue weighted by Gasteiger charge is 2.54. The third kappa shape index (κ3) is 6.50. The van der Waals surface area contributed by atoms with Crippen LogP contribution in [0.25, 0.3) is 10.6 Å². The average molecular weight is 698 g/mol. The van der Waals surface area contributed by atoms with Crippen LogP contribution in [0.4, 0.5) is 5.13 Å². The average Bonchev–Trinajstić information content (AvgIpc) is 3.71. The van der Waals surface area contributed by atoms with E-state index in [1.165, 1.54) is 51.9 Å². The Morgan fingerprint density at radius 2 is 1.96 bits per heavy atom. The van der Waals surface area contributed by atoms with Gasteiger partial charge in [0.15, 0.2) is 26.7 Å². The predicted octanol–water partition coefficient (Wildman–Crippen LogP) is 3.11. The number of aliphatic carboxylic acids is 1. The second-order valence-electron chi connectivity index (χ2n) is 9.75. The molecule has 0 saturated carbocycles. The Labute approximate surface area is 277 Å². The molecule has 1 saturated heterocycles. The second kappa shape index (κ2) is 13.4. The molecule has 0 spiro atoms. The minimum Gasteiger partial charge on any atom is -0.504 e. The first-order chi connectivity index (χ1) is 22.2.